The van der Waals surface area contributed by atoms with Crippen LogP contribution in [0.15, 0.2) is 18.2 Å². The number of ether oxygens (including phenoxy) is 1. The molecule has 0 aromatic heterocycles. The summed E-state index contributed by atoms with van der Waals surface area (Å²) < 4.78 is 5.03. The summed E-state index contributed by atoms with van der Waals surface area (Å²) in [4.78, 5) is 24.4. The maximum Gasteiger partial charge on any atom is 0.241 e. The average Bonchev–Trinajstić information content (AvgIpc) is 2.39. The first kappa shape index (κ1) is 15.8. The van der Waals surface area contributed by atoms with Crippen LogP contribution in [0.2, 0.25) is 0 Å². The summed E-state index contributed by atoms with van der Waals surface area (Å²) in [7, 11) is 3.18. The smallest absolute Gasteiger partial charge is 0.241 e. The average molecular weight is 280 g/mol. The molecule has 1 atom stereocenters. The summed E-state index contributed by atoms with van der Waals surface area (Å²) in [6, 6.07) is 4.47. The highest BCUT2D eigenvalue weighted by molar-refractivity contribution is 5.97. The maximum absolute atomic E-state index is 12.1. The predicted octanol–water partition coefficient (Wildman–Crippen LogP) is 0.0215. The summed E-state index contributed by atoms with van der Waals surface area (Å²) in [5.41, 5.74) is 11.8. The highest BCUT2D eigenvalue weighted by Gasteiger charge is 2.20. The van der Waals surface area contributed by atoms with Gasteiger partial charge in [-0.1, -0.05) is 0 Å². The van der Waals surface area contributed by atoms with Gasteiger partial charge in [-0.3, -0.25) is 14.5 Å². The summed E-state index contributed by atoms with van der Waals surface area (Å²) in [5.74, 6) is -0.152. The third kappa shape index (κ3) is 4.13. The number of nitrogens with one attached hydrogen (secondary N) is 1. The molecule has 1 aromatic rings. The second kappa shape index (κ2) is 6.76. The van der Waals surface area contributed by atoms with Crippen molar-refractivity contribution in [1.29, 1.82) is 0 Å². The van der Waals surface area contributed by atoms with E-state index < -0.39 is 11.9 Å². The summed E-state index contributed by atoms with van der Waals surface area (Å²) in [6.07, 6.45) is 0. The van der Waals surface area contributed by atoms with E-state index >= 15 is 0 Å². The van der Waals surface area contributed by atoms with Gasteiger partial charge in [0, 0.05) is 6.07 Å². The molecule has 0 aliphatic rings. The van der Waals surface area contributed by atoms with Gasteiger partial charge in [-0.05, 0) is 26.1 Å². The van der Waals surface area contributed by atoms with Gasteiger partial charge in [-0.25, -0.2) is 0 Å². The Morgan fingerprint density at radius 3 is 2.60 bits per heavy atom. The maximum atomic E-state index is 12.1. The highest BCUT2D eigenvalue weighted by atomic mass is 16.5. The zero-order valence-corrected chi connectivity index (χ0v) is 11.8. The fourth-order valence-electron chi connectivity index (χ4n) is 1.60. The number of likely N-dealkylation sites (N-methyl/N-ethyl adjacent to an activating group) is 1. The summed E-state index contributed by atoms with van der Waals surface area (Å²) in [6.45, 7) is 1.69. The van der Waals surface area contributed by atoms with Crippen LogP contribution in [-0.2, 0) is 9.59 Å². The van der Waals surface area contributed by atoms with Gasteiger partial charge in [0.1, 0.15) is 5.75 Å². The Kier molecular flexibility index (Phi) is 5.33. The molecule has 0 saturated carbocycles. The Hall–Kier alpha value is -2.28. The fourth-order valence-corrected chi connectivity index (χ4v) is 1.60. The standard InChI is InChI=1S/C13H20N4O3/c1-8(17(2)7-12(15)18)13(19)16-11-5-4-9(20-3)6-10(11)14/h4-6,8H,7,14H2,1-3H3,(H2,15,18)(H,16,19). The molecule has 1 rings (SSSR count). The minimum absolute atomic E-state index is 0.00663. The highest BCUT2D eigenvalue weighted by Crippen LogP contribution is 2.24. The van der Waals surface area contributed by atoms with Crippen molar-refractivity contribution in [3.05, 3.63) is 18.2 Å². The van der Waals surface area contributed by atoms with Crippen molar-refractivity contribution in [1.82, 2.24) is 4.90 Å². The van der Waals surface area contributed by atoms with Gasteiger partial charge in [0.15, 0.2) is 0 Å². The quantitative estimate of drug-likeness (QED) is 0.636. The SMILES string of the molecule is COc1ccc(NC(=O)C(C)N(C)CC(N)=O)c(N)c1. The van der Waals surface area contributed by atoms with Crippen molar-refractivity contribution in [2.75, 3.05) is 31.8 Å². The summed E-state index contributed by atoms with van der Waals surface area (Å²) >= 11 is 0. The molecule has 0 radical (unpaired) electrons. The lowest BCUT2D eigenvalue weighted by atomic mass is 10.2. The number of carbonyl (C=O) groups excluding carboxylic acids is 2. The van der Waals surface area contributed by atoms with Crippen molar-refractivity contribution < 1.29 is 14.3 Å². The number of nitrogens with two attached hydrogens (primary N) is 2. The van der Waals surface area contributed by atoms with Crippen molar-refractivity contribution in [3.8, 4) is 5.75 Å². The fraction of sp³-hybridized carbons (Fsp3) is 0.385. The number of hydrogen-bond donors (Lipinski definition) is 3. The molecule has 0 aliphatic carbocycles. The molecule has 0 bridgehead atoms. The largest absolute Gasteiger partial charge is 0.497 e. The van der Waals surface area contributed by atoms with Crippen LogP contribution in [0.5, 0.6) is 5.75 Å². The third-order valence-electron chi connectivity index (χ3n) is 2.96. The van der Waals surface area contributed by atoms with Crippen molar-refractivity contribution in [3.63, 3.8) is 0 Å². The minimum atomic E-state index is -0.510. The number of rotatable bonds is 6. The Balaban J connectivity index is 2.72. The lowest BCUT2D eigenvalue weighted by Crippen LogP contribution is -2.43. The summed E-state index contributed by atoms with van der Waals surface area (Å²) in [5, 5.41) is 2.70. The van der Waals surface area contributed by atoms with Gasteiger partial charge in [0.25, 0.3) is 0 Å². The number of methoxy groups -OCH3 is 1. The number of nitrogens with zero attached hydrogens (tertiary/aromatic N) is 1. The molecule has 0 aliphatic heterocycles. The monoisotopic (exact) mass is 280 g/mol. The first-order valence-electron chi connectivity index (χ1n) is 6.08. The predicted molar refractivity (Wildman–Crippen MR) is 77.3 cm³/mol. The molecule has 7 nitrogen and oxygen atoms in total. The second-order valence-corrected chi connectivity index (χ2v) is 4.50. The number of anilines is 2. The van der Waals surface area contributed by atoms with E-state index in [1.165, 1.54) is 7.11 Å². The van der Waals surface area contributed by atoms with E-state index in [9.17, 15) is 9.59 Å². The molecule has 1 unspecified atom stereocenters. The number of amides is 2. The van der Waals surface area contributed by atoms with Crippen molar-refractivity contribution >= 4 is 23.2 Å². The zero-order chi connectivity index (χ0) is 15.3. The van der Waals surface area contributed by atoms with Gasteiger partial charge in [0.2, 0.25) is 11.8 Å². The molecular weight excluding hydrogens is 260 g/mol. The molecule has 0 spiro atoms. The van der Waals surface area contributed by atoms with Crippen LogP contribution in [0, 0.1) is 0 Å². The van der Waals surface area contributed by atoms with E-state index in [0.717, 1.165) is 0 Å². The van der Waals surface area contributed by atoms with Crippen LogP contribution in [0.1, 0.15) is 6.92 Å². The van der Waals surface area contributed by atoms with Crippen LogP contribution >= 0.6 is 0 Å². The number of benzene rings is 1. The van der Waals surface area contributed by atoms with Gasteiger partial charge in [0.05, 0.1) is 31.1 Å². The lowest BCUT2D eigenvalue weighted by Gasteiger charge is -2.22. The molecule has 0 fully saturated rings. The molecule has 1 aromatic carbocycles. The van der Waals surface area contributed by atoms with Gasteiger partial charge in [-0.15, -0.1) is 0 Å². The van der Waals surface area contributed by atoms with Crippen LogP contribution in [0.25, 0.3) is 0 Å². The number of nitrogen functional groups attached to an aromatic ring is 1. The Bertz CT molecular complexity index is 504. The van der Waals surface area contributed by atoms with Crippen LogP contribution in [0.4, 0.5) is 11.4 Å². The van der Waals surface area contributed by atoms with E-state index in [1.807, 2.05) is 0 Å². The Morgan fingerprint density at radius 2 is 2.10 bits per heavy atom. The van der Waals surface area contributed by atoms with Crippen molar-refractivity contribution in [2.45, 2.75) is 13.0 Å². The van der Waals surface area contributed by atoms with Crippen LogP contribution in [-0.4, -0.2) is 43.5 Å². The van der Waals surface area contributed by atoms with E-state index in [4.69, 9.17) is 16.2 Å². The van der Waals surface area contributed by atoms with Gasteiger partial charge < -0.3 is 21.5 Å². The lowest BCUT2D eigenvalue weighted by molar-refractivity contribution is -0.123. The van der Waals surface area contributed by atoms with Gasteiger partial charge >= 0.3 is 0 Å². The molecule has 7 heteroatoms. The topological polar surface area (TPSA) is 111 Å². The molecule has 5 N–H and O–H groups in total. The van der Waals surface area contributed by atoms with Crippen LogP contribution in [0.3, 0.4) is 0 Å². The number of carbonyl (C=O) groups is 2. The normalized spacial score (nSPS) is 12.0. The molecule has 110 valence electrons. The Morgan fingerprint density at radius 1 is 1.45 bits per heavy atom. The van der Waals surface area contributed by atoms with Crippen molar-refractivity contribution in [2.24, 2.45) is 5.73 Å². The molecule has 20 heavy (non-hydrogen) atoms. The molecule has 0 heterocycles. The zero-order valence-electron chi connectivity index (χ0n) is 11.8. The number of hydrogen-bond acceptors (Lipinski definition) is 5. The first-order valence-corrected chi connectivity index (χ1v) is 6.08. The van der Waals surface area contributed by atoms with E-state index in [1.54, 1.807) is 37.1 Å². The van der Waals surface area contributed by atoms with E-state index in [0.29, 0.717) is 17.1 Å². The molecular formula is C13H20N4O3. The first-order chi connectivity index (χ1) is 9.35. The molecule has 2 amide bonds. The van der Waals surface area contributed by atoms with E-state index in [2.05, 4.69) is 5.32 Å². The molecule has 0 saturated heterocycles. The van der Waals surface area contributed by atoms with Crippen LogP contribution < -0.4 is 21.5 Å². The Labute approximate surface area is 117 Å². The van der Waals surface area contributed by atoms with Gasteiger partial charge in [-0.2, -0.15) is 0 Å². The van der Waals surface area contributed by atoms with E-state index in [-0.39, 0.29) is 12.5 Å². The second-order valence-electron chi connectivity index (χ2n) is 4.50. The third-order valence-corrected chi connectivity index (χ3v) is 2.96. The number of primary amides is 1. The minimum Gasteiger partial charge on any atom is -0.497 e.